The second-order valence-electron chi connectivity index (χ2n) is 19.9. The molecule has 10 aromatic carbocycles. The van der Waals surface area contributed by atoms with Gasteiger partial charge in [-0.05, 0) is 126 Å². The van der Waals surface area contributed by atoms with Crippen molar-refractivity contribution >= 4 is 125 Å². The van der Waals surface area contributed by atoms with Crippen LogP contribution in [-0.2, 0) is 0 Å². The molecule has 6 heteroatoms. The molecule has 14 rings (SSSR count). The van der Waals surface area contributed by atoms with Gasteiger partial charge < -0.3 is 13.6 Å². The number of hydrogen-bond donors (Lipinski definition) is 0. The van der Waals surface area contributed by atoms with E-state index < -0.39 is 0 Å². The van der Waals surface area contributed by atoms with Gasteiger partial charge in [-0.15, -0.1) is 11.3 Å². The lowest BCUT2D eigenvalue weighted by Crippen LogP contribution is -2.35. The number of para-hydroxylation sites is 3. The molecule has 0 radical (unpaired) electrons. The number of hydrogen-bond acceptors (Lipinski definition) is 3. The maximum absolute atomic E-state index is 6.66. The Bertz CT molecular complexity index is 4540. The van der Waals surface area contributed by atoms with Gasteiger partial charge in [-0.1, -0.05) is 181 Å². The van der Waals surface area contributed by atoms with Gasteiger partial charge in [0.05, 0.1) is 20.5 Å². The third kappa shape index (κ3) is 7.09. The van der Waals surface area contributed by atoms with E-state index in [2.05, 4.69) is 277 Å². The van der Waals surface area contributed by atoms with Crippen LogP contribution in [0, 0.1) is 0 Å². The average Bonchev–Trinajstić information content (AvgIpc) is 4.24. The Kier molecular flexibility index (Phi) is 10.7. The highest BCUT2D eigenvalue weighted by Crippen LogP contribution is 2.52. The number of alkyl halides is 1. The SMILES string of the molecule is CCC(=NC(c1cccc2c1sc1ccccc12)C(C)(I)C(C)n1c2ccccc2c2cc(-c3cccc4oc5ccc(-c6ccc7c(c6)c6ccccc6n7-c6ccccc6)cc5c34)ccc21)c1ccccc1. The minimum atomic E-state index is -0.382. The number of benzene rings is 10. The fourth-order valence-electron chi connectivity index (χ4n) is 12.0. The second kappa shape index (κ2) is 17.7. The lowest BCUT2D eigenvalue weighted by atomic mass is 9.87. The molecule has 0 saturated carbocycles. The maximum atomic E-state index is 6.66. The van der Waals surface area contributed by atoms with E-state index in [-0.39, 0.29) is 15.5 Å². The summed E-state index contributed by atoms with van der Waals surface area (Å²) in [6.07, 6.45) is 0.833. The first-order valence-electron chi connectivity index (χ1n) is 25.6. The van der Waals surface area contributed by atoms with Crippen molar-refractivity contribution in [2.45, 2.75) is 42.7 Å². The van der Waals surface area contributed by atoms with Crippen molar-refractivity contribution in [3.63, 3.8) is 0 Å². The quantitative estimate of drug-likeness (QED) is 0.0764. The van der Waals surface area contributed by atoms with Crippen LogP contribution in [0.5, 0.6) is 0 Å². The van der Waals surface area contributed by atoms with Gasteiger partial charge in [0.2, 0.25) is 0 Å². The topological polar surface area (TPSA) is 35.4 Å². The predicted octanol–water partition coefficient (Wildman–Crippen LogP) is 19.9. The molecule has 74 heavy (non-hydrogen) atoms. The molecule has 0 bridgehead atoms. The molecule has 14 aromatic rings. The number of halogens is 1. The Morgan fingerprint density at radius 2 is 1.12 bits per heavy atom. The molecule has 0 N–H and O–H groups in total. The van der Waals surface area contributed by atoms with Crippen molar-refractivity contribution < 1.29 is 4.42 Å². The van der Waals surface area contributed by atoms with Crippen molar-refractivity contribution in [3.05, 3.63) is 236 Å². The number of nitrogens with zero attached hydrogens (tertiary/aromatic N) is 3. The van der Waals surface area contributed by atoms with Gasteiger partial charge in [-0.3, -0.25) is 4.99 Å². The maximum Gasteiger partial charge on any atom is 0.136 e. The lowest BCUT2D eigenvalue weighted by Gasteiger charge is -2.38. The Morgan fingerprint density at radius 3 is 1.92 bits per heavy atom. The molecule has 0 saturated heterocycles. The van der Waals surface area contributed by atoms with Crippen LogP contribution in [0.25, 0.3) is 114 Å². The van der Waals surface area contributed by atoms with Crippen molar-refractivity contribution in [2.24, 2.45) is 4.99 Å². The van der Waals surface area contributed by atoms with Crippen molar-refractivity contribution in [1.29, 1.82) is 0 Å². The number of thiophene rings is 1. The molecule has 0 aliphatic heterocycles. The highest BCUT2D eigenvalue weighted by atomic mass is 127. The van der Waals surface area contributed by atoms with E-state index in [1.165, 1.54) is 80.5 Å². The number of fused-ring (bicyclic) bond motifs is 12. The summed E-state index contributed by atoms with van der Waals surface area (Å²) in [5.41, 5.74) is 16.0. The second-order valence-corrected chi connectivity index (χ2v) is 23.3. The highest BCUT2D eigenvalue weighted by molar-refractivity contribution is 14.1. The van der Waals surface area contributed by atoms with Crippen LogP contribution in [0.3, 0.4) is 0 Å². The first-order valence-corrected chi connectivity index (χ1v) is 27.5. The summed E-state index contributed by atoms with van der Waals surface area (Å²) in [6, 6.07) is 81.8. The fraction of sp³-hybridized carbons (Fsp3) is 0.103. The zero-order valence-corrected chi connectivity index (χ0v) is 44.2. The van der Waals surface area contributed by atoms with E-state index in [0.29, 0.717) is 0 Å². The minimum absolute atomic E-state index is 0.0254. The van der Waals surface area contributed by atoms with E-state index in [1.807, 2.05) is 11.3 Å². The Balaban J connectivity index is 0.897. The Hall–Kier alpha value is -7.78. The summed E-state index contributed by atoms with van der Waals surface area (Å²) in [5.74, 6) is 0. The molecule has 0 spiro atoms. The van der Waals surface area contributed by atoms with E-state index in [4.69, 9.17) is 9.41 Å². The Morgan fingerprint density at radius 1 is 0.541 bits per heavy atom. The van der Waals surface area contributed by atoms with E-state index >= 15 is 0 Å². The van der Waals surface area contributed by atoms with Gasteiger partial charge in [0.25, 0.3) is 0 Å². The van der Waals surface area contributed by atoms with Gasteiger partial charge in [-0.2, -0.15) is 0 Å². The summed E-state index contributed by atoms with van der Waals surface area (Å²) in [7, 11) is 0. The molecule has 356 valence electrons. The van der Waals surface area contributed by atoms with E-state index in [9.17, 15) is 0 Å². The van der Waals surface area contributed by atoms with Crippen molar-refractivity contribution in [1.82, 2.24) is 9.13 Å². The first kappa shape index (κ1) is 44.9. The monoisotopic (exact) mass is 1080 g/mol. The smallest absolute Gasteiger partial charge is 0.136 e. The van der Waals surface area contributed by atoms with E-state index in [1.54, 1.807) is 0 Å². The number of aromatic nitrogens is 2. The largest absolute Gasteiger partial charge is 0.456 e. The molecule has 3 atom stereocenters. The highest BCUT2D eigenvalue weighted by Gasteiger charge is 2.41. The van der Waals surface area contributed by atoms with Crippen LogP contribution in [0.1, 0.15) is 50.4 Å². The molecule has 0 aliphatic carbocycles. The van der Waals surface area contributed by atoms with Crippen molar-refractivity contribution in [2.75, 3.05) is 0 Å². The van der Waals surface area contributed by atoms with Crippen LogP contribution in [0.2, 0.25) is 0 Å². The molecule has 0 fully saturated rings. The zero-order chi connectivity index (χ0) is 49.7. The standard InChI is InChI=1S/C68H50IN3OS/c1-4-57(43-19-7-5-8-20-43)70-67(53-28-17-27-52-51-25-13-16-32-64(51)74-66(52)53)68(3,69)42(2)71-58-29-14-11-23-49(58)55-41-46(34-37-60(55)71)48-26-18-31-63-65(48)56-40-45(35-38-62(56)73-63)44-33-36-61-54(39-44)50-24-12-15-30-59(50)72(61)47-21-9-6-10-22-47/h5-42,67H,4H2,1-3H3. The van der Waals surface area contributed by atoms with E-state index in [0.717, 1.165) is 56.4 Å². The summed E-state index contributed by atoms with van der Waals surface area (Å²) < 4.78 is 13.9. The average molecular weight is 1080 g/mol. The molecule has 3 unspecified atom stereocenters. The van der Waals surface area contributed by atoms with Gasteiger partial charge >= 0.3 is 0 Å². The third-order valence-electron chi connectivity index (χ3n) is 15.7. The number of furan rings is 1. The number of rotatable bonds is 10. The summed E-state index contributed by atoms with van der Waals surface area (Å²) in [5, 5.41) is 9.79. The summed E-state index contributed by atoms with van der Waals surface area (Å²) in [6.45, 7) is 7.06. The van der Waals surface area contributed by atoms with Gasteiger partial charge in [0.15, 0.2) is 0 Å². The van der Waals surface area contributed by atoms with Crippen LogP contribution in [-0.4, -0.2) is 18.3 Å². The zero-order valence-electron chi connectivity index (χ0n) is 41.3. The summed E-state index contributed by atoms with van der Waals surface area (Å²) >= 11 is 4.66. The molecular formula is C68H50IN3OS. The molecule has 4 heterocycles. The first-order chi connectivity index (χ1) is 36.3. The lowest BCUT2D eigenvalue weighted by molar-refractivity contribution is 0.403. The molecular weight excluding hydrogens is 1030 g/mol. The Labute approximate surface area is 447 Å². The van der Waals surface area contributed by atoms with Gasteiger partial charge in [0, 0.05) is 81.0 Å². The normalized spacial score (nSPS) is 14.1. The van der Waals surface area contributed by atoms with Crippen LogP contribution < -0.4 is 0 Å². The van der Waals surface area contributed by atoms with Crippen LogP contribution >= 0.6 is 33.9 Å². The summed E-state index contributed by atoms with van der Waals surface area (Å²) in [4.78, 5) is 5.88. The number of aliphatic imine (C=N–C) groups is 1. The molecule has 4 nitrogen and oxygen atoms in total. The van der Waals surface area contributed by atoms with Gasteiger partial charge in [0.1, 0.15) is 11.2 Å². The van der Waals surface area contributed by atoms with Crippen LogP contribution in [0.15, 0.2) is 234 Å². The third-order valence-corrected chi connectivity index (χ3v) is 18.5. The fourth-order valence-corrected chi connectivity index (χ4v) is 14.0. The van der Waals surface area contributed by atoms with Crippen LogP contribution in [0.4, 0.5) is 0 Å². The minimum Gasteiger partial charge on any atom is -0.456 e. The molecule has 0 aliphatic rings. The molecule has 0 amide bonds. The predicted molar refractivity (Wildman–Crippen MR) is 324 cm³/mol. The molecule has 4 aromatic heterocycles. The van der Waals surface area contributed by atoms with Gasteiger partial charge in [-0.25, -0.2) is 0 Å². The van der Waals surface area contributed by atoms with Crippen molar-refractivity contribution in [3.8, 4) is 27.9 Å².